The third-order valence-electron chi connectivity index (χ3n) is 10.5. The van der Waals surface area contributed by atoms with Crippen molar-refractivity contribution in [2.75, 3.05) is 0 Å². The van der Waals surface area contributed by atoms with Crippen molar-refractivity contribution in [3.63, 3.8) is 0 Å². The maximum absolute atomic E-state index is 14.1. The van der Waals surface area contributed by atoms with Gasteiger partial charge in [0.05, 0.1) is 12.0 Å². The second kappa shape index (κ2) is 13.5. The van der Waals surface area contributed by atoms with Crippen LogP contribution in [0.5, 0.6) is 5.75 Å². The first-order valence-corrected chi connectivity index (χ1v) is 20.2. The molecule has 50 heavy (non-hydrogen) atoms. The molecule has 0 aliphatic carbocycles. The molecule has 0 amide bonds. The summed E-state index contributed by atoms with van der Waals surface area (Å²) in [4.78, 5) is 5.00. The van der Waals surface area contributed by atoms with Crippen LogP contribution < -0.4 is 4.43 Å². The van der Waals surface area contributed by atoms with Crippen molar-refractivity contribution >= 4 is 8.32 Å². The van der Waals surface area contributed by atoms with E-state index in [0.29, 0.717) is 11.3 Å². The molecule has 6 rings (SSSR count). The summed E-state index contributed by atoms with van der Waals surface area (Å²) in [6, 6.07) is 43.7. The number of hydrogen-bond acceptors (Lipinski definition) is 3. The van der Waals surface area contributed by atoms with E-state index in [1.54, 1.807) is 12.1 Å². The molecule has 0 saturated heterocycles. The fraction of sp³-hybridized carbons (Fsp3) is 0.250. The van der Waals surface area contributed by atoms with Crippen LogP contribution in [0.3, 0.4) is 0 Å². The second-order valence-corrected chi connectivity index (χ2v) is 19.7. The Bertz CT molecular complexity index is 1940. The molecule has 1 heterocycles. The van der Waals surface area contributed by atoms with Crippen molar-refractivity contribution in [2.45, 2.75) is 63.9 Å². The zero-order chi connectivity index (χ0) is 35.7. The van der Waals surface area contributed by atoms with Crippen molar-refractivity contribution < 1.29 is 13.9 Å². The van der Waals surface area contributed by atoms with Crippen molar-refractivity contribution in [1.29, 1.82) is 0 Å². The van der Waals surface area contributed by atoms with Crippen LogP contribution in [0.2, 0.25) is 18.1 Å². The quantitative estimate of drug-likeness (QED) is 0.116. The van der Waals surface area contributed by atoms with Crippen LogP contribution in [-0.4, -0.2) is 23.0 Å². The number of aliphatic hydroxyl groups is 1. The highest BCUT2D eigenvalue weighted by atomic mass is 28.4. The van der Waals surface area contributed by atoms with Gasteiger partial charge in [-0.3, -0.25) is 0 Å². The van der Waals surface area contributed by atoms with Crippen LogP contribution in [0.25, 0.3) is 11.1 Å². The summed E-state index contributed by atoms with van der Waals surface area (Å²) in [5.74, 6) is 0.165. The van der Waals surface area contributed by atoms with Crippen LogP contribution in [0, 0.1) is 11.7 Å². The lowest BCUT2D eigenvalue weighted by atomic mass is 9.76. The lowest BCUT2D eigenvalue weighted by Gasteiger charge is -2.38. The largest absolute Gasteiger partial charge is 0.543 e. The van der Waals surface area contributed by atoms with Gasteiger partial charge in [0.1, 0.15) is 22.7 Å². The van der Waals surface area contributed by atoms with Crippen LogP contribution >= 0.6 is 0 Å². The van der Waals surface area contributed by atoms with Gasteiger partial charge in [0.15, 0.2) is 0 Å². The minimum atomic E-state index is -2.24. The molecule has 0 fully saturated rings. The highest BCUT2D eigenvalue weighted by Crippen LogP contribution is 2.46. The summed E-state index contributed by atoms with van der Waals surface area (Å²) in [5, 5.41) is 12.9. The van der Waals surface area contributed by atoms with Crippen LogP contribution in [0.15, 0.2) is 146 Å². The molecule has 256 valence electrons. The number of imidazole rings is 1. The average Bonchev–Trinajstić information content (AvgIpc) is 3.61. The van der Waals surface area contributed by atoms with Gasteiger partial charge in [-0.2, -0.15) is 0 Å². The van der Waals surface area contributed by atoms with Crippen LogP contribution in [0.4, 0.5) is 4.39 Å². The van der Waals surface area contributed by atoms with Crippen molar-refractivity contribution in [3.8, 4) is 16.9 Å². The Labute approximate surface area is 297 Å². The Morgan fingerprint density at radius 1 is 0.700 bits per heavy atom. The molecule has 0 saturated carbocycles. The summed E-state index contributed by atoms with van der Waals surface area (Å²) < 4.78 is 23.1. The Hall–Kier alpha value is -4.78. The maximum atomic E-state index is 14.1. The molecule has 1 unspecified atom stereocenters. The fourth-order valence-electron chi connectivity index (χ4n) is 6.60. The lowest BCUT2D eigenvalue weighted by Crippen LogP contribution is -2.44. The Morgan fingerprint density at radius 3 is 1.66 bits per heavy atom. The van der Waals surface area contributed by atoms with Gasteiger partial charge >= 0.3 is 0 Å². The molecule has 5 aromatic carbocycles. The Balaban J connectivity index is 1.56. The smallest absolute Gasteiger partial charge is 0.250 e. The molecule has 6 aromatic rings. The number of hydrogen-bond donors (Lipinski definition) is 1. The van der Waals surface area contributed by atoms with E-state index in [1.165, 1.54) is 12.1 Å². The highest BCUT2D eigenvalue weighted by molar-refractivity contribution is 6.74. The van der Waals surface area contributed by atoms with Crippen molar-refractivity contribution in [3.05, 3.63) is 180 Å². The molecule has 6 heteroatoms. The Morgan fingerprint density at radius 2 is 1.20 bits per heavy atom. The van der Waals surface area contributed by atoms with Gasteiger partial charge in [0.25, 0.3) is 8.32 Å². The monoisotopic (exact) mass is 682 g/mol. The predicted octanol–water partition coefficient (Wildman–Crippen LogP) is 10.8. The van der Waals surface area contributed by atoms with E-state index in [9.17, 15) is 9.50 Å². The van der Waals surface area contributed by atoms with Gasteiger partial charge in [0, 0.05) is 11.8 Å². The molecule has 0 bridgehead atoms. The van der Waals surface area contributed by atoms with Gasteiger partial charge in [-0.15, -0.1) is 0 Å². The molecule has 1 aromatic heterocycles. The van der Waals surface area contributed by atoms with E-state index in [1.807, 2.05) is 62.8 Å². The first kappa shape index (κ1) is 35.1. The molecule has 0 radical (unpaired) electrons. The molecule has 4 nitrogen and oxygen atoms in total. The average molecular weight is 683 g/mol. The number of aromatic nitrogens is 2. The molecule has 1 atom stereocenters. The third kappa shape index (κ3) is 6.23. The first-order valence-electron chi connectivity index (χ1n) is 17.3. The number of halogens is 1. The van der Waals surface area contributed by atoms with Crippen LogP contribution in [-0.2, 0) is 11.1 Å². The van der Waals surface area contributed by atoms with E-state index in [2.05, 4.69) is 111 Å². The van der Waals surface area contributed by atoms with E-state index < -0.39 is 19.5 Å². The van der Waals surface area contributed by atoms with Crippen LogP contribution in [0.1, 0.15) is 62.6 Å². The summed E-state index contributed by atoms with van der Waals surface area (Å²) in [7, 11) is -2.24. The zero-order valence-corrected chi connectivity index (χ0v) is 31.1. The van der Waals surface area contributed by atoms with Gasteiger partial charge in [-0.1, -0.05) is 144 Å². The highest BCUT2D eigenvalue weighted by Gasteiger charge is 2.43. The normalized spacial score (nSPS) is 13.6. The molecule has 0 spiro atoms. The second-order valence-electron chi connectivity index (χ2n) is 15.0. The van der Waals surface area contributed by atoms with Gasteiger partial charge in [-0.25, -0.2) is 9.37 Å². The minimum Gasteiger partial charge on any atom is -0.543 e. The summed E-state index contributed by atoms with van der Waals surface area (Å²) in [6.07, 6.45) is 3.83. The maximum Gasteiger partial charge on any atom is 0.250 e. The standard InChI is InChI=1S/C44H47FN2O2Si/c1-32(2)44(48,37-25-28-40(49-50(6,7)42(3,4)5)39(29-37)33-23-26-38(45)27-24-33)41-30-47(31-46-41)43(34-17-11-8-12-18-34,35-19-13-9-14-20-35)36-21-15-10-16-22-36/h8-32,48H,1-7H3. The lowest BCUT2D eigenvalue weighted by molar-refractivity contribution is 0.0278. The van der Waals surface area contributed by atoms with E-state index in [4.69, 9.17) is 9.41 Å². The molecule has 0 aliphatic heterocycles. The molecular formula is C44H47FN2O2Si. The SMILES string of the molecule is CC(C)C(O)(c1ccc(O[Si](C)(C)C(C)(C)C)c(-c2ccc(F)cc2)c1)c1cn(C(c2ccccc2)(c2ccccc2)c2ccccc2)cn1. The number of benzene rings is 5. The summed E-state index contributed by atoms with van der Waals surface area (Å²) in [6.45, 7) is 15.1. The molecule has 1 N–H and O–H groups in total. The molecular weight excluding hydrogens is 636 g/mol. The zero-order valence-electron chi connectivity index (χ0n) is 30.1. The van der Waals surface area contributed by atoms with E-state index >= 15 is 0 Å². The van der Waals surface area contributed by atoms with E-state index in [0.717, 1.165) is 33.6 Å². The molecule has 0 aliphatic rings. The topological polar surface area (TPSA) is 47.3 Å². The number of nitrogens with zero attached hydrogens (tertiary/aromatic N) is 2. The van der Waals surface area contributed by atoms with Gasteiger partial charge < -0.3 is 14.1 Å². The van der Waals surface area contributed by atoms with Crippen molar-refractivity contribution in [1.82, 2.24) is 9.55 Å². The predicted molar refractivity (Wildman–Crippen MR) is 204 cm³/mol. The first-order chi connectivity index (χ1) is 23.8. The third-order valence-corrected chi connectivity index (χ3v) is 14.9. The van der Waals surface area contributed by atoms with E-state index in [-0.39, 0.29) is 16.8 Å². The van der Waals surface area contributed by atoms with Gasteiger partial charge in [0.2, 0.25) is 0 Å². The fourth-order valence-corrected chi connectivity index (χ4v) is 7.64. The Kier molecular flexibility index (Phi) is 9.46. The number of rotatable bonds is 10. The summed E-state index contributed by atoms with van der Waals surface area (Å²) >= 11 is 0. The minimum absolute atomic E-state index is 0.0278. The van der Waals surface area contributed by atoms with Crippen molar-refractivity contribution in [2.24, 2.45) is 5.92 Å². The van der Waals surface area contributed by atoms with Gasteiger partial charge in [-0.05, 0) is 76.1 Å². The summed E-state index contributed by atoms with van der Waals surface area (Å²) in [5.41, 5.74) is 3.80.